The molecule has 1 fully saturated rings. The Kier molecular flexibility index (Phi) is 5.91. The monoisotopic (exact) mass is 465 g/mol. The summed E-state index contributed by atoms with van der Waals surface area (Å²) in [5.41, 5.74) is -1.45. The van der Waals surface area contributed by atoms with Crippen LogP contribution in [-0.4, -0.2) is 64.2 Å². The van der Waals surface area contributed by atoms with Crippen molar-refractivity contribution in [1.29, 1.82) is 0 Å². The number of fused-ring (bicyclic) bond motifs is 1. The van der Waals surface area contributed by atoms with E-state index in [2.05, 4.69) is 10.1 Å². The highest BCUT2D eigenvalue weighted by Crippen LogP contribution is 2.33. The predicted octanol–water partition coefficient (Wildman–Crippen LogP) is 3.03. The van der Waals surface area contributed by atoms with Crippen LogP contribution in [0.15, 0.2) is 36.5 Å². The molecule has 0 unspecified atom stereocenters. The van der Waals surface area contributed by atoms with Crippen molar-refractivity contribution in [3.63, 3.8) is 0 Å². The molecule has 8 nitrogen and oxygen atoms in total. The number of hydrogen-bond acceptors (Lipinski definition) is 6. The Morgan fingerprint density at radius 1 is 1.12 bits per heavy atom. The Hall–Kier alpha value is -3.70. The van der Waals surface area contributed by atoms with Crippen LogP contribution in [-0.2, 0) is 10.9 Å². The van der Waals surface area contributed by atoms with E-state index in [4.69, 9.17) is 4.74 Å². The van der Waals surface area contributed by atoms with Crippen molar-refractivity contribution in [3.05, 3.63) is 59.2 Å². The minimum Gasteiger partial charge on any atom is -0.461 e. The summed E-state index contributed by atoms with van der Waals surface area (Å²) in [4.78, 5) is 32.5. The largest absolute Gasteiger partial charge is 0.461 e. The second kappa shape index (κ2) is 8.68. The maximum Gasteiger partial charge on any atom is 0.417 e. The summed E-state index contributed by atoms with van der Waals surface area (Å²) in [5.74, 6) is -2.10. The zero-order chi connectivity index (χ0) is 23.8. The molecule has 2 aromatic heterocycles. The van der Waals surface area contributed by atoms with Crippen LogP contribution in [0.2, 0.25) is 0 Å². The van der Waals surface area contributed by atoms with E-state index in [1.807, 2.05) is 0 Å². The van der Waals surface area contributed by atoms with Gasteiger partial charge in [0.05, 0.1) is 17.7 Å². The molecule has 0 atom stereocenters. The summed E-state index contributed by atoms with van der Waals surface area (Å²) in [7, 11) is 0. The fourth-order valence-electron chi connectivity index (χ4n) is 3.73. The first-order chi connectivity index (χ1) is 15.7. The van der Waals surface area contributed by atoms with Crippen molar-refractivity contribution < 1.29 is 31.9 Å². The number of benzene rings is 1. The molecule has 0 bridgehead atoms. The summed E-state index contributed by atoms with van der Waals surface area (Å²) in [6, 6.07) is 5.17. The highest BCUT2D eigenvalue weighted by molar-refractivity contribution is 5.96. The van der Waals surface area contributed by atoms with E-state index >= 15 is 0 Å². The third-order valence-corrected chi connectivity index (χ3v) is 5.22. The van der Waals surface area contributed by atoms with Gasteiger partial charge in [0.15, 0.2) is 17.2 Å². The Bertz CT molecular complexity index is 1200. The van der Waals surface area contributed by atoms with Crippen molar-refractivity contribution in [1.82, 2.24) is 19.5 Å². The number of amides is 1. The van der Waals surface area contributed by atoms with E-state index in [-0.39, 0.29) is 38.5 Å². The van der Waals surface area contributed by atoms with Gasteiger partial charge in [-0.05, 0) is 37.3 Å². The van der Waals surface area contributed by atoms with Crippen molar-refractivity contribution in [2.24, 2.45) is 0 Å². The molecule has 0 N–H and O–H groups in total. The molecular weight excluding hydrogens is 446 g/mol. The van der Waals surface area contributed by atoms with Crippen molar-refractivity contribution in [3.8, 4) is 0 Å². The summed E-state index contributed by atoms with van der Waals surface area (Å²) in [6.45, 7) is 2.30. The lowest BCUT2D eigenvalue weighted by Crippen LogP contribution is -2.49. The number of ether oxygens (including phenoxy) is 1. The Morgan fingerprint density at radius 2 is 1.85 bits per heavy atom. The lowest BCUT2D eigenvalue weighted by Gasteiger charge is -2.36. The van der Waals surface area contributed by atoms with Gasteiger partial charge in [0.2, 0.25) is 0 Å². The molecular formula is C21H19F4N5O3. The van der Waals surface area contributed by atoms with Gasteiger partial charge in [-0.1, -0.05) is 0 Å². The Morgan fingerprint density at radius 3 is 2.52 bits per heavy atom. The van der Waals surface area contributed by atoms with Gasteiger partial charge in [-0.3, -0.25) is 4.79 Å². The predicted molar refractivity (Wildman–Crippen MR) is 108 cm³/mol. The molecule has 4 rings (SSSR count). The number of esters is 1. The summed E-state index contributed by atoms with van der Waals surface area (Å²) < 4.78 is 60.2. The summed E-state index contributed by atoms with van der Waals surface area (Å²) in [6.07, 6.45) is -3.27. The van der Waals surface area contributed by atoms with Gasteiger partial charge in [0.25, 0.3) is 5.91 Å². The maximum absolute atomic E-state index is 13.6. The maximum atomic E-state index is 13.6. The fourth-order valence-corrected chi connectivity index (χ4v) is 3.73. The molecule has 0 aliphatic carbocycles. The molecule has 3 aromatic rings. The molecule has 0 saturated carbocycles. The number of halogens is 4. The molecule has 12 heteroatoms. The molecule has 1 aliphatic heterocycles. The highest BCUT2D eigenvalue weighted by Gasteiger charge is 2.37. The average molecular weight is 465 g/mol. The van der Waals surface area contributed by atoms with Gasteiger partial charge in [0.1, 0.15) is 5.82 Å². The number of rotatable bonds is 4. The number of alkyl halides is 3. The second-order valence-corrected chi connectivity index (χ2v) is 7.27. The first-order valence-corrected chi connectivity index (χ1v) is 10.1. The molecule has 33 heavy (non-hydrogen) atoms. The van der Waals surface area contributed by atoms with E-state index in [9.17, 15) is 27.2 Å². The van der Waals surface area contributed by atoms with E-state index in [0.29, 0.717) is 29.7 Å². The molecule has 0 radical (unpaired) electrons. The number of carbonyl (C=O) groups excluding carboxylic acids is 2. The number of nitrogens with zero attached hydrogens (tertiary/aromatic N) is 5. The number of anilines is 1. The number of piperazine rings is 1. The molecule has 1 amide bonds. The van der Waals surface area contributed by atoms with Crippen LogP contribution >= 0.6 is 0 Å². The Labute approximate surface area is 185 Å². The standard InChI is InChI=1S/C21H19F4N5O3/c1-2-33-20(32)17-18(30-16(27-17)4-3-7-26-30)28-8-10-29(11-9-28)19(31)14-12-13(22)5-6-15(14)21(23,24)25/h3-7,12H,2,8-11H2,1H3. The van der Waals surface area contributed by atoms with Crippen molar-refractivity contribution in [2.75, 3.05) is 37.7 Å². The zero-order valence-electron chi connectivity index (χ0n) is 17.5. The Balaban J connectivity index is 1.59. The quantitative estimate of drug-likeness (QED) is 0.435. The smallest absolute Gasteiger partial charge is 0.417 e. The van der Waals surface area contributed by atoms with Gasteiger partial charge in [0, 0.05) is 32.4 Å². The fraction of sp³-hybridized carbons (Fsp3) is 0.333. The normalized spacial score (nSPS) is 14.6. The molecule has 1 aliphatic rings. The van der Waals surface area contributed by atoms with Crippen LogP contribution in [0.4, 0.5) is 23.4 Å². The topological polar surface area (TPSA) is 80.0 Å². The molecule has 1 aromatic carbocycles. The zero-order valence-corrected chi connectivity index (χ0v) is 17.5. The van der Waals surface area contributed by atoms with E-state index in [1.54, 1.807) is 24.0 Å². The van der Waals surface area contributed by atoms with Crippen molar-refractivity contribution >= 4 is 23.3 Å². The van der Waals surface area contributed by atoms with Gasteiger partial charge >= 0.3 is 12.1 Å². The third kappa shape index (κ3) is 4.32. The first-order valence-electron chi connectivity index (χ1n) is 10.1. The van der Waals surface area contributed by atoms with Crippen LogP contribution in [0.1, 0.15) is 33.3 Å². The lowest BCUT2D eigenvalue weighted by atomic mass is 10.0. The van der Waals surface area contributed by atoms with Crippen LogP contribution in [0.3, 0.4) is 0 Å². The van der Waals surface area contributed by atoms with Crippen molar-refractivity contribution in [2.45, 2.75) is 13.1 Å². The van der Waals surface area contributed by atoms with E-state index < -0.39 is 35.0 Å². The first kappa shape index (κ1) is 22.5. The average Bonchev–Trinajstić information content (AvgIpc) is 3.18. The SMILES string of the molecule is CCOC(=O)c1nc2cccnn2c1N1CCN(C(=O)c2cc(F)ccc2C(F)(F)F)CC1. The van der Waals surface area contributed by atoms with Gasteiger partial charge in [-0.15, -0.1) is 0 Å². The highest BCUT2D eigenvalue weighted by atomic mass is 19.4. The number of carbonyl (C=O) groups is 2. The molecule has 3 heterocycles. The molecule has 1 saturated heterocycles. The number of aromatic nitrogens is 3. The van der Waals surface area contributed by atoms with Gasteiger partial charge in [-0.25, -0.2) is 14.2 Å². The van der Waals surface area contributed by atoms with E-state index in [0.717, 1.165) is 0 Å². The van der Waals surface area contributed by atoms with Gasteiger partial charge < -0.3 is 14.5 Å². The second-order valence-electron chi connectivity index (χ2n) is 7.27. The van der Waals surface area contributed by atoms with E-state index in [1.165, 1.54) is 15.6 Å². The summed E-state index contributed by atoms with van der Waals surface area (Å²) >= 11 is 0. The van der Waals surface area contributed by atoms with Crippen LogP contribution in [0, 0.1) is 5.82 Å². The summed E-state index contributed by atoms with van der Waals surface area (Å²) in [5, 5.41) is 4.23. The number of hydrogen-bond donors (Lipinski definition) is 0. The molecule has 0 spiro atoms. The number of imidazole rings is 1. The van der Waals surface area contributed by atoms with Gasteiger partial charge in [-0.2, -0.15) is 22.8 Å². The molecule has 174 valence electrons. The van der Waals surface area contributed by atoms with Crippen LogP contribution < -0.4 is 4.90 Å². The minimum absolute atomic E-state index is 0.0506. The third-order valence-electron chi connectivity index (χ3n) is 5.22. The van der Waals surface area contributed by atoms with Crippen LogP contribution in [0.25, 0.3) is 5.65 Å². The lowest BCUT2D eigenvalue weighted by molar-refractivity contribution is -0.138. The minimum atomic E-state index is -4.79. The van der Waals surface area contributed by atoms with Crippen LogP contribution in [0.5, 0.6) is 0 Å².